The van der Waals surface area contributed by atoms with Gasteiger partial charge in [-0.2, -0.15) is 0 Å². The minimum Gasteiger partial charge on any atom is -0.485 e. The number of rotatable bonds is 4. The molecule has 1 saturated carbocycles. The van der Waals surface area contributed by atoms with Gasteiger partial charge in [0, 0.05) is 21.7 Å². The monoisotopic (exact) mass is 260 g/mol. The van der Waals surface area contributed by atoms with E-state index in [-0.39, 0.29) is 18.3 Å². The Morgan fingerprint density at radius 2 is 1.89 bits per heavy atom. The number of fused-ring (bicyclic) bond motifs is 1. The first-order chi connectivity index (χ1) is 8.75. The normalized spacial score (nSPS) is 14.7. The van der Waals surface area contributed by atoms with E-state index in [4.69, 9.17) is 16.3 Å². The second-order valence-electron chi connectivity index (χ2n) is 4.62. The van der Waals surface area contributed by atoms with Gasteiger partial charge in [0.1, 0.15) is 12.4 Å². The molecule has 0 aliphatic heterocycles. The molecule has 3 heteroatoms. The summed E-state index contributed by atoms with van der Waals surface area (Å²) in [6, 6.07) is 11.4. The highest BCUT2D eigenvalue weighted by Crippen LogP contribution is 2.33. The van der Waals surface area contributed by atoms with Crippen molar-refractivity contribution in [3.63, 3.8) is 0 Å². The maximum absolute atomic E-state index is 11.6. The van der Waals surface area contributed by atoms with Gasteiger partial charge in [0.05, 0.1) is 0 Å². The summed E-state index contributed by atoms with van der Waals surface area (Å²) >= 11 is 6.13. The van der Waals surface area contributed by atoms with Crippen molar-refractivity contribution in [1.82, 2.24) is 0 Å². The van der Waals surface area contributed by atoms with Crippen LogP contribution in [0.5, 0.6) is 5.75 Å². The number of carbonyl (C=O) groups is 1. The van der Waals surface area contributed by atoms with Gasteiger partial charge < -0.3 is 4.74 Å². The van der Waals surface area contributed by atoms with Crippen molar-refractivity contribution >= 4 is 28.2 Å². The molecule has 2 nitrogen and oxygen atoms in total. The van der Waals surface area contributed by atoms with Crippen molar-refractivity contribution in [2.24, 2.45) is 5.92 Å². The van der Waals surface area contributed by atoms with Crippen LogP contribution in [0.1, 0.15) is 12.8 Å². The Morgan fingerprint density at radius 1 is 1.17 bits per heavy atom. The number of hydrogen-bond acceptors (Lipinski definition) is 2. The minimum atomic E-state index is 0.163. The zero-order valence-electron chi connectivity index (χ0n) is 9.86. The Balaban J connectivity index is 1.87. The second-order valence-corrected chi connectivity index (χ2v) is 5.03. The van der Waals surface area contributed by atoms with E-state index in [1.165, 1.54) is 0 Å². The molecule has 3 rings (SSSR count). The highest BCUT2D eigenvalue weighted by atomic mass is 35.5. The van der Waals surface area contributed by atoms with E-state index >= 15 is 0 Å². The third-order valence-corrected chi connectivity index (χ3v) is 3.56. The summed E-state index contributed by atoms with van der Waals surface area (Å²) in [5.41, 5.74) is 0. The average Bonchev–Trinajstić information content (AvgIpc) is 3.22. The smallest absolute Gasteiger partial charge is 0.173 e. The predicted molar refractivity (Wildman–Crippen MR) is 72.2 cm³/mol. The first-order valence-electron chi connectivity index (χ1n) is 6.08. The molecule has 2 aromatic carbocycles. The molecule has 0 amide bonds. The van der Waals surface area contributed by atoms with Crippen molar-refractivity contribution in [3.05, 3.63) is 41.4 Å². The Hall–Kier alpha value is -1.54. The van der Waals surface area contributed by atoms with Crippen LogP contribution in [0, 0.1) is 5.92 Å². The summed E-state index contributed by atoms with van der Waals surface area (Å²) < 4.78 is 5.63. The molecule has 1 aliphatic carbocycles. The molecule has 92 valence electrons. The number of carbonyl (C=O) groups excluding carboxylic acids is 1. The molecule has 2 aromatic rings. The largest absolute Gasteiger partial charge is 0.485 e. The van der Waals surface area contributed by atoms with E-state index in [9.17, 15) is 4.79 Å². The van der Waals surface area contributed by atoms with Gasteiger partial charge in [0.2, 0.25) is 0 Å². The number of Topliss-reactive ketones (excluding diaryl/α,β-unsaturated/α-hetero) is 1. The highest BCUT2D eigenvalue weighted by Gasteiger charge is 2.29. The van der Waals surface area contributed by atoms with Gasteiger partial charge in [0.25, 0.3) is 0 Å². The lowest BCUT2D eigenvalue weighted by Gasteiger charge is -2.09. The fourth-order valence-corrected chi connectivity index (χ4v) is 2.26. The Bertz CT molecular complexity index is 602. The minimum absolute atomic E-state index is 0.163. The van der Waals surface area contributed by atoms with Gasteiger partial charge in [-0.05, 0) is 25.0 Å². The number of ether oxygens (including phenoxy) is 1. The van der Waals surface area contributed by atoms with Crippen LogP contribution in [-0.2, 0) is 4.79 Å². The zero-order valence-corrected chi connectivity index (χ0v) is 10.6. The molecule has 1 aliphatic rings. The molecule has 0 unspecified atom stereocenters. The SMILES string of the molecule is O=C(COc1ccc(Cl)c2ccccc12)C1CC1. The number of halogens is 1. The fraction of sp³-hybridized carbons (Fsp3) is 0.267. The quantitative estimate of drug-likeness (QED) is 0.835. The molecule has 0 spiro atoms. The summed E-state index contributed by atoms with van der Waals surface area (Å²) in [4.78, 5) is 11.6. The molecule has 0 atom stereocenters. The van der Waals surface area contributed by atoms with Crippen LogP contribution >= 0.6 is 11.6 Å². The fourth-order valence-electron chi connectivity index (χ4n) is 2.03. The van der Waals surface area contributed by atoms with E-state index in [2.05, 4.69) is 0 Å². The van der Waals surface area contributed by atoms with Gasteiger partial charge in [-0.3, -0.25) is 4.79 Å². The number of hydrogen-bond donors (Lipinski definition) is 0. The maximum Gasteiger partial charge on any atom is 0.173 e. The molecule has 1 fully saturated rings. The van der Waals surface area contributed by atoms with Crippen LogP contribution in [0.2, 0.25) is 5.02 Å². The van der Waals surface area contributed by atoms with Crippen molar-refractivity contribution in [3.8, 4) is 5.75 Å². The molecule has 0 heterocycles. The summed E-state index contributed by atoms with van der Waals surface area (Å²) in [7, 11) is 0. The summed E-state index contributed by atoms with van der Waals surface area (Å²) in [5.74, 6) is 1.17. The van der Waals surface area contributed by atoms with Crippen LogP contribution in [-0.4, -0.2) is 12.4 Å². The second kappa shape index (κ2) is 4.62. The maximum atomic E-state index is 11.6. The predicted octanol–water partition coefficient (Wildman–Crippen LogP) is 3.85. The first kappa shape index (κ1) is 11.5. The lowest BCUT2D eigenvalue weighted by molar-refractivity contribution is -0.122. The topological polar surface area (TPSA) is 26.3 Å². The van der Waals surface area contributed by atoms with Gasteiger partial charge >= 0.3 is 0 Å². The van der Waals surface area contributed by atoms with Crippen LogP contribution in [0.3, 0.4) is 0 Å². The third kappa shape index (κ3) is 2.21. The van der Waals surface area contributed by atoms with Crippen LogP contribution in [0.4, 0.5) is 0 Å². The van der Waals surface area contributed by atoms with E-state index in [0.29, 0.717) is 5.02 Å². The lowest BCUT2D eigenvalue weighted by Crippen LogP contribution is -2.12. The van der Waals surface area contributed by atoms with Crippen molar-refractivity contribution in [2.45, 2.75) is 12.8 Å². The molecule has 0 aromatic heterocycles. The Labute approximate surface area is 111 Å². The molecule has 18 heavy (non-hydrogen) atoms. The molecular weight excluding hydrogens is 248 g/mol. The van der Waals surface area contributed by atoms with Crippen molar-refractivity contribution in [1.29, 1.82) is 0 Å². The molecular formula is C15H13ClO2. The van der Waals surface area contributed by atoms with Crippen molar-refractivity contribution < 1.29 is 9.53 Å². The molecule has 0 saturated heterocycles. The Kier molecular flexibility index (Phi) is 2.96. The number of ketones is 1. The van der Waals surface area contributed by atoms with E-state index in [0.717, 1.165) is 29.4 Å². The zero-order chi connectivity index (χ0) is 12.5. The van der Waals surface area contributed by atoms with Crippen LogP contribution in [0.15, 0.2) is 36.4 Å². The van der Waals surface area contributed by atoms with E-state index < -0.39 is 0 Å². The van der Waals surface area contributed by atoms with Gasteiger partial charge in [-0.1, -0.05) is 35.9 Å². The summed E-state index contributed by atoms with van der Waals surface area (Å²) in [6.07, 6.45) is 2.03. The summed E-state index contributed by atoms with van der Waals surface area (Å²) in [6.45, 7) is 0.163. The van der Waals surface area contributed by atoms with Crippen molar-refractivity contribution in [2.75, 3.05) is 6.61 Å². The van der Waals surface area contributed by atoms with E-state index in [1.807, 2.05) is 30.3 Å². The van der Waals surface area contributed by atoms with Crippen LogP contribution < -0.4 is 4.74 Å². The molecule has 0 N–H and O–H groups in total. The Morgan fingerprint density at radius 3 is 2.61 bits per heavy atom. The lowest BCUT2D eigenvalue weighted by atomic mass is 10.1. The molecule has 0 bridgehead atoms. The molecule has 0 radical (unpaired) electrons. The average molecular weight is 261 g/mol. The summed E-state index contributed by atoms with van der Waals surface area (Å²) in [5, 5.41) is 2.61. The van der Waals surface area contributed by atoms with Gasteiger partial charge in [0.15, 0.2) is 5.78 Å². The highest BCUT2D eigenvalue weighted by molar-refractivity contribution is 6.35. The standard InChI is InChI=1S/C15H13ClO2/c16-13-7-8-15(12-4-2-1-3-11(12)13)18-9-14(17)10-5-6-10/h1-4,7-8,10H,5-6,9H2. The van der Waals surface area contributed by atoms with Gasteiger partial charge in [-0.15, -0.1) is 0 Å². The van der Waals surface area contributed by atoms with Crippen LogP contribution in [0.25, 0.3) is 10.8 Å². The third-order valence-electron chi connectivity index (χ3n) is 3.23. The van der Waals surface area contributed by atoms with E-state index in [1.54, 1.807) is 6.07 Å². The first-order valence-corrected chi connectivity index (χ1v) is 6.46. The van der Waals surface area contributed by atoms with Gasteiger partial charge in [-0.25, -0.2) is 0 Å². The number of benzene rings is 2.